The molecule has 0 aromatic heterocycles. The molecule has 0 atom stereocenters. The highest BCUT2D eigenvalue weighted by Gasteiger charge is 2.30. The van der Waals surface area contributed by atoms with Crippen LogP contribution in [0.4, 0.5) is 0 Å². The minimum absolute atomic E-state index is 0.0229. The van der Waals surface area contributed by atoms with E-state index in [-0.39, 0.29) is 11.8 Å². The van der Waals surface area contributed by atoms with Gasteiger partial charge in [0.2, 0.25) is 11.8 Å². The van der Waals surface area contributed by atoms with Gasteiger partial charge in [-0.2, -0.15) is 0 Å². The number of hydrogen-bond donors (Lipinski definition) is 0. The van der Waals surface area contributed by atoms with Gasteiger partial charge < -0.3 is 14.5 Å². The number of benzene rings is 1. The highest BCUT2D eigenvalue weighted by atomic mass is 16.5. The Hall–Kier alpha value is -2.30. The zero-order valence-corrected chi connectivity index (χ0v) is 15.2. The van der Waals surface area contributed by atoms with Gasteiger partial charge in [0.1, 0.15) is 5.75 Å². The molecule has 1 aromatic rings. The van der Waals surface area contributed by atoms with Gasteiger partial charge in [0.15, 0.2) is 0 Å². The van der Waals surface area contributed by atoms with Crippen molar-refractivity contribution >= 4 is 17.9 Å². The van der Waals surface area contributed by atoms with Crippen molar-refractivity contribution in [2.75, 3.05) is 32.8 Å². The Bertz CT molecular complexity index is 714. The summed E-state index contributed by atoms with van der Waals surface area (Å²) in [7, 11) is 0. The number of nitrogens with zero attached hydrogens (tertiary/aromatic N) is 2. The minimum Gasteiger partial charge on any atom is -0.493 e. The molecule has 1 aliphatic carbocycles. The second-order valence-corrected chi connectivity index (χ2v) is 7.43. The number of ether oxygens (including phenoxy) is 1. The molecule has 4 rings (SSSR count). The Morgan fingerprint density at radius 2 is 1.77 bits per heavy atom. The van der Waals surface area contributed by atoms with E-state index in [0.29, 0.717) is 32.1 Å². The summed E-state index contributed by atoms with van der Waals surface area (Å²) in [6, 6.07) is 6.04. The van der Waals surface area contributed by atoms with Crippen molar-refractivity contribution < 1.29 is 14.3 Å². The zero-order chi connectivity index (χ0) is 17.9. The molecule has 138 valence electrons. The summed E-state index contributed by atoms with van der Waals surface area (Å²) in [5, 5.41) is 0. The first-order valence-corrected chi connectivity index (χ1v) is 9.72. The van der Waals surface area contributed by atoms with Crippen molar-refractivity contribution in [1.82, 2.24) is 9.80 Å². The first-order chi connectivity index (χ1) is 12.7. The van der Waals surface area contributed by atoms with Crippen molar-refractivity contribution in [2.24, 2.45) is 5.92 Å². The third-order valence-electron chi connectivity index (χ3n) is 5.74. The molecule has 1 saturated heterocycles. The van der Waals surface area contributed by atoms with Crippen LogP contribution in [-0.2, 0) is 16.0 Å². The van der Waals surface area contributed by atoms with Crippen molar-refractivity contribution in [2.45, 2.75) is 32.1 Å². The smallest absolute Gasteiger partial charge is 0.246 e. The van der Waals surface area contributed by atoms with Gasteiger partial charge in [-0.15, -0.1) is 0 Å². The lowest BCUT2D eigenvalue weighted by Gasteiger charge is -2.35. The molecule has 3 aliphatic rings. The second kappa shape index (κ2) is 7.52. The molecule has 0 unspecified atom stereocenters. The summed E-state index contributed by atoms with van der Waals surface area (Å²) >= 11 is 0. The highest BCUT2D eigenvalue weighted by Crippen LogP contribution is 2.27. The molecule has 1 saturated carbocycles. The number of amides is 2. The topological polar surface area (TPSA) is 49.9 Å². The molecule has 1 aromatic carbocycles. The van der Waals surface area contributed by atoms with E-state index in [2.05, 4.69) is 6.07 Å². The van der Waals surface area contributed by atoms with Crippen LogP contribution in [0.1, 0.15) is 36.8 Å². The summed E-state index contributed by atoms with van der Waals surface area (Å²) in [4.78, 5) is 28.7. The maximum Gasteiger partial charge on any atom is 0.246 e. The molecule has 5 heteroatoms. The van der Waals surface area contributed by atoms with Gasteiger partial charge in [-0.25, -0.2) is 0 Å². The lowest BCUT2D eigenvalue weighted by Crippen LogP contribution is -2.51. The molecule has 2 fully saturated rings. The molecule has 0 N–H and O–H groups in total. The van der Waals surface area contributed by atoms with Crippen LogP contribution in [0.5, 0.6) is 5.75 Å². The molecule has 26 heavy (non-hydrogen) atoms. The van der Waals surface area contributed by atoms with Crippen LogP contribution in [0.3, 0.4) is 0 Å². The van der Waals surface area contributed by atoms with Gasteiger partial charge in [0, 0.05) is 44.6 Å². The van der Waals surface area contributed by atoms with Crippen molar-refractivity contribution in [1.29, 1.82) is 0 Å². The van der Waals surface area contributed by atoms with Gasteiger partial charge in [-0.3, -0.25) is 9.59 Å². The number of carbonyl (C=O) groups excluding carboxylic acids is 2. The number of fused-ring (bicyclic) bond motifs is 1. The highest BCUT2D eigenvalue weighted by molar-refractivity contribution is 5.92. The molecule has 5 nitrogen and oxygen atoms in total. The largest absolute Gasteiger partial charge is 0.493 e. The van der Waals surface area contributed by atoms with Crippen LogP contribution >= 0.6 is 0 Å². The molecule has 2 heterocycles. The van der Waals surface area contributed by atoms with Gasteiger partial charge in [-0.05, 0) is 42.2 Å². The van der Waals surface area contributed by atoms with Crippen LogP contribution in [0.15, 0.2) is 24.3 Å². The van der Waals surface area contributed by atoms with E-state index >= 15 is 0 Å². The van der Waals surface area contributed by atoms with Crippen LogP contribution in [0.25, 0.3) is 6.08 Å². The lowest BCUT2D eigenvalue weighted by molar-refractivity contribution is -0.140. The monoisotopic (exact) mass is 354 g/mol. The molecule has 0 bridgehead atoms. The third-order valence-corrected chi connectivity index (χ3v) is 5.74. The zero-order valence-electron chi connectivity index (χ0n) is 15.2. The molecule has 2 aliphatic heterocycles. The van der Waals surface area contributed by atoms with Gasteiger partial charge in [0.05, 0.1) is 6.61 Å². The van der Waals surface area contributed by atoms with E-state index in [4.69, 9.17) is 4.74 Å². The first-order valence-electron chi connectivity index (χ1n) is 9.72. The van der Waals surface area contributed by atoms with E-state index in [1.165, 1.54) is 18.4 Å². The second-order valence-electron chi connectivity index (χ2n) is 7.43. The molecule has 2 amide bonds. The van der Waals surface area contributed by atoms with Gasteiger partial charge >= 0.3 is 0 Å². The Balaban J connectivity index is 1.30. The number of rotatable bonds is 3. The quantitative estimate of drug-likeness (QED) is 0.784. The Labute approximate surface area is 154 Å². The predicted octanol–water partition coefficient (Wildman–Crippen LogP) is 2.50. The number of hydrogen-bond acceptors (Lipinski definition) is 3. The van der Waals surface area contributed by atoms with Crippen LogP contribution < -0.4 is 4.74 Å². The number of carbonyl (C=O) groups is 2. The lowest BCUT2D eigenvalue weighted by atomic mass is 10.1. The molecule has 0 radical (unpaired) electrons. The average molecular weight is 354 g/mol. The normalized spacial score (nSPS) is 20.5. The SMILES string of the molecule is O=C(/C=C/c1ccc2c(c1)CCO2)N1CCN(C(=O)C2CCCC2)CC1. The number of piperazine rings is 1. The maximum absolute atomic E-state index is 12.5. The predicted molar refractivity (Wildman–Crippen MR) is 99.8 cm³/mol. The summed E-state index contributed by atoms with van der Waals surface area (Å²) < 4.78 is 5.51. The third kappa shape index (κ3) is 3.62. The molecular weight excluding hydrogens is 328 g/mol. The van der Waals surface area contributed by atoms with Crippen molar-refractivity contribution in [3.63, 3.8) is 0 Å². The van der Waals surface area contributed by atoms with E-state index in [1.54, 1.807) is 6.08 Å². The molecule has 0 spiro atoms. The van der Waals surface area contributed by atoms with Crippen LogP contribution in [0.2, 0.25) is 0 Å². The fraction of sp³-hybridized carbons (Fsp3) is 0.524. The van der Waals surface area contributed by atoms with Gasteiger partial charge in [0.25, 0.3) is 0 Å². The average Bonchev–Trinajstić information content (AvgIpc) is 3.37. The fourth-order valence-corrected chi connectivity index (χ4v) is 4.16. The molecular formula is C21H26N2O3. The van der Waals surface area contributed by atoms with E-state index in [0.717, 1.165) is 37.2 Å². The van der Waals surface area contributed by atoms with Crippen LogP contribution in [-0.4, -0.2) is 54.4 Å². The van der Waals surface area contributed by atoms with E-state index in [1.807, 2.05) is 28.0 Å². The van der Waals surface area contributed by atoms with Gasteiger partial charge in [-0.1, -0.05) is 18.9 Å². The summed E-state index contributed by atoms with van der Waals surface area (Å²) in [5.41, 5.74) is 2.23. The van der Waals surface area contributed by atoms with Crippen molar-refractivity contribution in [3.8, 4) is 5.75 Å². The summed E-state index contributed by atoms with van der Waals surface area (Å²) in [6.07, 6.45) is 8.87. The first kappa shape index (κ1) is 17.1. The van der Waals surface area contributed by atoms with Crippen LogP contribution in [0, 0.1) is 5.92 Å². The Kier molecular flexibility index (Phi) is 4.96. The fourth-order valence-electron chi connectivity index (χ4n) is 4.16. The Morgan fingerprint density at radius 1 is 1.04 bits per heavy atom. The van der Waals surface area contributed by atoms with Crippen molar-refractivity contribution in [3.05, 3.63) is 35.4 Å². The van der Waals surface area contributed by atoms with E-state index in [9.17, 15) is 9.59 Å². The summed E-state index contributed by atoms with van der Waals surface area (Å²) in [5.74, 6) is 1.50. The maximum atomic E-state index is 12.5. The Morgan fingerprint density at radius 3 is 2.54 bits per heavy atom. The standard InChI is InChI=1S/C21H26N2O3/c24-20(8-6-16-5-7-19-18(15-16)9-14-26-19)22-10-12-23(13-11-22)21(25)17-3-1-2-4-17/h5-8,15,17H,1-4,9-14H2/b8-6+. The van der Waals surface area contributed by atoms with E-state index < -0.39 is 0 Å². The minimum atomic E-state index is 0.0229. The summed E-state index contributed by atoms with van der Waals surface area (Å²) in [6.45, 7) is 3.31.